The van der Waals surface area contributed by atoms with Crippen molar-refractivity contribution in [2.24, 2.45) is 0 Å². The Bertz CT molecular complexity index is 357. The molecule has 1 saturated carbocycles. The van der Waals surface area contributed by atoms with Crippen LogP contribution in [-0.2, 0) is 10.2 Å². The van der Waals surface area contributed by atoms with Gasteiger partial charge in [0, 0.05) is 6.54 Å². The zero-order valence-corrected chi connectivity index (χ0v) is 9.28. The first-order valence-corrected chi connectivity index (χ1v) is 5.74. The monoisotopic (exact) mass is 219 g/mol. The molecule has 0 aliphatic heterocycles. The first-order valence-electron chi connectivity index (χ1n) is 5.74. The second-order valence-electron chi connectivity index (χ2n) is 4.28. The molecule has 1 aliphatic rings. The number of benzene rings is 1. The second-order valence-corrected chi connectivity index (χ2v) is 4.28. The molecule has 3 heteroatoms. The average Bonchev–Trinajstić information content (AvgIpc) is 2.26. The standard InChI is InChI=1S/C13H17NO2/c15-10-9-14-12(16)13(7-4-8-13)11-5-2-1-3-6-11/h1-3,5-6,15H,4,7-10H2,(H,14,16). The second kappa shape index (κ2) is 4.66. The van der Waals surface area contributed by atoms with E-state index in [1.165, 1.54) is 0 Å². The minimum atomic E-state index is -0.337. The van der Waals surface area contributed by atoms with Crippen molar-refractivity contribution in [3.05, 3.63) is 35.9 Å². The summed E-state index contributed by atoms with van der Waals surface area (Å²) in [4.78, 5) is 12.1. The summed E-state index contributed by atoms with van der Waals surface area (Å²) < 4.78 is 0. The van der Waals surface area contributed by atoms with E-state index < -0.39 is 0 Å². The van der Waals surface area contributed by atoms with Gasteiger partial charge in [0.1, 0.15) is 0 Å². The fourth-order valence-corrected chi connectivity index (χ4v) is 2.27. The lowest BCUT2D eigenvalue weighted by molar-refractivity contribution is -0.130. The van der Waals surface area contributed by atoms with E-state index in [4.69, 9.17) is 5.11 Å². The quantitative estimate of drug-likeness (QED) is 0.800. The lowest BCUT2D eigenvalue weighted by Gasteiger charge is -2.40. The third-order valence-corrected chi connectivity index (χ3v) is 3.37. The van der Waals surface area contributed by atoms with Gasteiger partial charge in [0.05, 0.1) is 12.0 Å². The number of aliphatic hydroxyl groups excluding tert-OH is 1. The van der Waals surface area contributed by atoms with Crippen LogP contribution in [0.1, 0.15) is 24.8 Å². The maximum atomic E-state index is 12.1. The molecular formula is C13H17NO2. The van der Waals surface area contributed by atoms with Gasteiger partial charge >= 0.3 is 0 Å². The van der Waals surface area contributed by atoms with Gasteiger partial charge in [-0.05, 0) is 18.4 Å². The van der Waals surface area contributed by atoms with Crippen molar-refractivity contribution in [1.82, 2.24) is 5.32 Å². The molecule has 3 nitrogen and oxygen atoms in total. The van der Waals surface area contributed by atoms with Crippen molar-refractivity contribution in [1.29, 1.82) is 0 Å². The van der Waals surface area contributed by atoms with E-state index in [0.717, 1.165) is 24.8 Å². The number of rotatable bonds is 4. The molecule has 1 aromatic carbocycles. The summed E-state index contributed by atoms with van der Waals surface area (Å²) in [5.74, 6) is 0.0546. The van der Waals surface area contributed by atoms with Crippen LogP contribution in [0.5, 0.6) is 0 Å². The molecule has 0 spiro atoms. The number of hydrogen-bond donors (Lipinski definition) is 2. The highest BCUT2D eigenvalue weighted by molar-refractivity contribution is 5.89. The van der Waals surface area contributed by atoms with Gasteiger partial charge in [0.15, 0.2) is 0 Å². The number of hydrogen-bond acceptors (Lipinski definition) is 2. The maximum Gasteiger partial charge on any atom is 0.230 e. The Morgan fingerprint density at radius 3 is 2.50 bits per heavy atom. The van der Waals surface area contributed by atoms with Crippen molar-refractivity contribution >= 4 is 5.91 Å². The molecule has 86 valence electrons. The highest BCUT2D eigenvalue weighted by atomic mass is 16.3. The minimum Gasteiger partial charge on any atom is -0.395 e. The summed E-state index contributed by atoms with van der Waals surface area (Å²) in [6.07, 6.45) is 2.92. The molecule has 1 fully saturated rings. The predicted octanol–water partition coefficient (Wildman–Crippen LogP) is 1.22. The van der Waals surface area contributed by atoms with Gasteiger partial charge in [-0.15, -0.1) is 0 Å². The SMILES string of the molecule is O=C(NCCO)C1(c2ccccc2)CCC1. The Morgan fingerprint density at radius 1 is 1.31 bits per heavy atom. The van der Waals surface area contributed by atoms with Gasteiger partial charge in [-0.1, -0.05) is 36.8 Å². The first kappa shape index (κ1) is 11.1. The number of aliphatic hydroxyl groups is 1. The van der Waals surface area contributed by atoms with Crippen LogP contribution >= 0.6 is 0 Å². The van der Waals surface area contributed by atoms with Crippen LogP contribution in [0.25, 0.3) is 0 Å². The van der Waals surface area contributed by atoms with Crippen LogP contribution in [0.4, 0.5) is 0 Å². The lowest BCUT2D eigenvalue weighted by atomic mass is 9.64. The van der Waals surface area contributed by atoms with Crippen LogP contribution in [0.2, 0.25) is 0 Å². The van der Waals surface area contributed by atoms with Crippen LogP contribution in [0.15, 0.2) is 30.3 Å². The molecular weight excluding hydrogens is 202 g/mol. The minimum absolute atomic E-state index is 0.00336. The normalized spacial score (nSPS) is 17.6. The van der Waals surface area contributed by atoms with Crippen LogP contribution < -0.4 is 5.32 Å². The van der Waals surface area contributed by atoms with Gasteiger partial charge in [0.25, 0.3) is 0 Å². The fraction of sp³-hybridized carbons (Fsp3) is 0.462. The van der Waals surface area contributed by atoms with Crippen LogP contribution in [-0.4, -0.2) is 24.2 Å². The molecule has 0 atom stereocenters. The lowest BCUT2D eigenvalue weighted by Crippen LogP contribution is -2.49. The molecule has 1 aromatic rings. The smallest absolute Gasteiger partial charge is 0.230 e. The number of nitrogens with one attached hydrogen (secondary N) is 1. The Morgan fingerprint density at radius 2 is 2.00 bits per heavy atom. The van der Waals surface area contributed by atoms with Crippen LogP contribution in [0.3, 0.4) is 0 Å². The zero-order chi connectivity index (χ0) is 11.4. The molecule has 0 heterocycles. The molecule has 16 heavy (non-hydrogen) atoms. The van der Waals surface area contributed by atoms with E-state index in [9.17, 15) is 4.79 Å². The molecule has 0 bridgehead atoms. The molecule has 2 N–H and O–H groups in total. The van der Waals surface area contributed by atoms with E-state index in [1.54, 1.807) is 0 Å². The third-order valence-electron chi connectivity index (χ3n) is 3.37. The number of carbonyl (C=O) groups is 1. The largest absolute Gasteiger partial charge is 0.395 e. The van der Waals surface area contributed by atoms with Crippen molar-refractivity contribution in [3.8, 4) is 0 Å². The molecule has 0 unspecified atom stereocenters. The van der Waals surface area contributed by atoms with E-state index in [-0.39, 0.29) is 17.9 Å². The third kappa shape index (κ3) is 1.83. The Balaban J connectivity index is 2.17. The van der Waals surface area contributed by atoms with E-state index in [0.29, 0.717) is 6.54 Å². The van der Waals surface area contributed by atoms with Gasteiger partial charge in [-0.25, -0.2) is 0 Å². The van der Waals surface area contributed by atoms with Gasteiger partial charge in [-0.2, -0.15) is 0 Å². The first-order chi connectivity index (χ1) is 7.79. The Kier molecular flexibility index (Phi) is 3.25. The molecule has 1 aliphatic carbocycles. The predicted molar refractivity (Wildman–Crippen MR) is 62.1 cm³/mol. The zero-order valence-electron chi connectivity index (χ0n) is 9.28. The molecule has 0 aromatic heterocycles. The molecule has 0 radical (unpaired) electrons. The van der Waals surface area contributed by atoms with Crippen molar-refractivity contribution < 1.29 is 9.90 Å². The Hall–Kier alpha value is -1.35. The van der Waals surface area contributed by atoms with Gasteiger partial charge < -0.3 is 10.4 Å². The maximum absolute atomic E-state index is 12.1. The topological polar surface area (TPSA) is 49.3 Å². The van der Waals surface area contributed by atoms with Crippen molar-refractivity contribution in [2.45, 2.75) is 24.7 Å². The van der Waals surface area contributed by atoms with Crippen LogP contribution in [0, 0.1) is 0 Å². The summed E-state index contributed by atoms with van der Waals surface area (Å²) in [6, 6.07) is 9.92. The average molecular weight is 219 g/mol. The fourth-order valence-electron chi connectivity index (χ4n) is 2.27. The van der Waals surface area contributed by atoms with Crippen molar-refractivity contribution in [2.75, 3.05) is 13.2 Å². The molecule has 1 amide bonds. The summed E-state index contributed by atoms with van der Waals surface area (Å²) in [5.41, 5.74) is 0.757. The highest BCUT2D eigenvalue weighted by Crippen LogP contribution is 2.43. The van der Waals surface area contributed by atoms with E-state index >= 15 is 0 Å². The van der Waals surface area contributed by atoms with Gasteiger partial charge in [-0.3, -0.25) is 4.79 Å². The summed E-state index contributed by atoms with van der Waals surface area (Å²) in [5, 5.41) is 11.5. The summed E-state index contributed by atoms with van der Waals surface area (Å²) >= 11 is 0. The van der Waals surface area contributed by atoms with E-state index in [1.807, 2.05) is 30.3 Å². The molecule has 2 rings (SSSR count). The van der Waals surface area contributed by atoms with Gasteiger partial charge in [0.2, 0.25) is 5.91 Å². The molecule has 0 saturated heterocycles. The highest BCUT2D eigenvalue weighted by Gasteiger charge is 2.45. The number of carbonyl (C=O) groups excluding carboxylic acids is 1. The van der Waals surface area contributed by atoms with Crippen molar-refractivity contribution in [3.63, 3.8) is 0 Å². The van der Waals surface area contributed by atoms with E-state index in [2.05, 4.69) is 5.32 Å². The Labute approximate surface area is 95.5 Å². The number of amides is 1. The summed E-state index contributed by atoms with van der Waals surface area (Å²) in [7, 11) is 0. The summed E-state index contributed by atoms with van der Waals surface area (Å²) in [6.45, 7) is 0.337.